The molecule has 2 rings (SSSR count). The third-order valence-corrected chi connectivity index (χ3v) is 2.86. The molecule has 22 heavy (non-hydrogen) atoms. The van der Waals surface area contributed by atoms with Gasteiger partial charge in [0.05, 0.1) is 12.3 Å². The number of nitrogens with zero attached hydrogens (tertiary/aromatic N) is 1. The molecule has 0 saturated heterocycles. The number of benzene rings is 1. The molecule has 0 aliphatic carbocycles. The van der Waals surface area contributed by atoms with Crippen LogP contribution in [-0.2, 0) is 9.57 Å². The van der Waals surface area contributed by atoms with Crippen molar-refractivity contribution in [2.24, 2.45) is 5.16 Å². The molecule has 1 aromatic carbocycles. The molecular formula is C15H18F2N2O3. The molecule has 1 atom stereocenters. The molecule has 1 aromatic rings. The predicted octanol–water partition coefficient (Wildman–Crippen LogP) is 2.98. The topological polar surface area (TPSA) is 59.9 Å². The van der Waals surface area contributed by atoms with Crippen LogP contribution in [0.15, 0.2) is 23.4 Å². The average Bonchev–Trinajstić information content (AvgIpc) is 2.86. The molecule has 120 valence electrons. The molecule has 7 heteroatoms. The van der Waals surface area contributed by atoms with E-state index in [1.54, 1.807) is 20.8 Å². The van der Waals surface area contributed by atoms with E-state index >= 15 is 0 Å². The molecule has 1 amide bonds. The molecule has 1 aliphatic heterocycles. The summed E-state index contributed by atoms with van der Waals surface area (Å²) in [7, 11) is 0. The summed E-state index contributed by atoms with van der Waals surface area (Å²) in [6.45, 7) is 5.51. The summed E-state index contributed by atoms with van der Waals surface area (Å²) in [4.78, 5) is 16.7. The third kappa shape index (κ3) is 4.41. The predicted molar refractivity (Wildman–Crippen MR) is 76.6 cm³/mol. The number of rotatable bonds is 3. The van der Waals surface area contributed by atoms with Crippen LogP contribution in [0, 0.1) is 11.6 Å². The number of carbonyl (C=O) groups excluding carboxylic acids is 1. The molecule has 0 aromatic heterocycles. The Balaban J connectivity index is 1.84. The van der Waals surface area contributed by atoms with Crippen LogP contribution in [0.1, 0.15) is 32.8 Å². The Morgan fingerprint density at radius 2 is 2.14 bits per heavy atom. The minimum Gasteiger partial charge on any atom is -0.444 e. The fourth-order valence-electron chi connectivity index (χ4n) is 1.90. The first-order valence-electron chi connectivity index (χ1n) is 6.89. The molecular weight excluding hydrogens is 294 g/mol. The van der Waals surface area contributed by atoms with Crippen LogP contribution < -0.4 is 5.32 Å². The average molecular weight is 312 g/mol. The highest BCUT2D eigenvalue weighted by Crippen LogP contribution is 2.18. The van der Waals surface area contributed by atoms with Gasteiger partial charge in [0.2, 0.25) is 0 Å². The Morgan fingerprint density at radius 3 is 2.77 bits per heavy atom. The lowest BCUT2D eigenvalue weighted by molar-refractivity contribution is 0.0439. The van der Waals surface area contributed by atoms with Gasteiger partial charge in [-0.1, -0.05) is 5.16 Å². The number of alkyl carbamates (subject to hydrolysis) is 1. The summed E-state index contributed by atoms with van der Waals surface area (Å²) in [6.07, 6.45) is -0.519. The lowest BCUT2D eigenvalue weighted by Crippen LogP contribution is -2.37. The quantitative estimate of drug-likeness (QED) is 0.933. The molecule has 0 saturated carbocycles. The first-order valence-corrected chi connectivity index (χ1v) is 6.89. The highest BCUT2D eigenvalue weighted by atomic mass is 19.2. The van der Waals surface area contributed by atoms with Crippen LogP contribution >= 0.6 is 0 Å². The lowest BCUT2D eigenvalue weighted by atomic mass is 10.0. The van der Waals surface area contributed by atoms with Gasteiger partial charge in [-0.3, -0.25) is 0 Å². The highest BCUT2D eigenvalue weighted by molar-refractivity contribution is 6.01. The SMILES string of the molecule is CC(C)(C)OC(=O)NCC1CC(c2ccc(F)c(F)c2)=NO1. The van der Waals surface area contributed by atoms with Gasteiger partial charge in [0.15, 0.2) is 17.7 Å². The molecule has 5 nitrogen and oxygen atoms in total. The van der Waals surface area contributed by atoms with Gasteiger partial charge in [-0.25, -0.2) is 13.6 Å². The number of nitrogens with one attached hydrogen (secondary N) is 1. The molecule has 1 heterocycles. The van der Waals surface area contributed by atoms with Crippen molar-refractivity contribution in [2.45, 2.75) is 38.9 Å². The molecule has 0 fully saturated rings. The number of oxime groups is 1. The zero-order chi connectivity index (χ0) is 16.3. The Hall–Kier alpha value is -2.18. The number of hydrogen-bond acceptors (Lipinski definition) is 4. The van der Waals surface area contributed by atoms with E-state index in [2.05, 4.69) is 10.5 Å². The van der Waals surface area contributed by atoms with Gasteiger partial charge in [-0.15, -0.1) is 0 Å². The van der Waals surface area contributed by atoms with Crippen molar-refractivity contribution in [3.8, 4) is 0 Å². The highest BCUT2D eigenvalue weighted by Gasteiger charge is 2.24. The first kappa shape index (κ1) is 16.2. The van der Waals surface area contributed by atoms with Crippen LogP contribution in [0.5, 0.6) is 0 Å². The van der Waals surface area contributed by atoms with E-state index in [9.17, 15) is 13.6 Å². The smallest absolute Gasteiger partial charge is 0.407 e. The van der Waals surface area contributed by atoms with E-state index in [4.69, 9.17) is 9.57 Å². The van der Waals surface area contributed by atoms with Crippen LogP contribution in [0.4, 0.5) is 13.6 Å². The summed E-state index contributed by atoms with van der Waals surface area (Å²) in [5.41, 5.74) is 0.391. The molecule has 1 N–H and O–H groups in total. The summed E-state index contributed by atoms with van der Waals surface area (Å²) >= 11 is 0. The first-order chi connectivity index (χ1) is 10.2. The second-order valence-electron chi connectivity index (χ2n) is 5.98. The van der Waals surface area contributed by atoms with Crippen molar-refractivity contribution in [3.63, 3.8) is 0 Å². The van der Waals surface area contributed by atoms with Gasteiger partial charge in [0.1, 0.15) is 5.60 Å². The zero-order valence-electron chi connectivity index (χ0n) is 12.7. The Labute approximate surface area is 127 Å². The lowest BCUT2D eigenvalue weighted by Gasteiger charge is -2.20. The third-order valence-electron chi connectivity index (χ3n) is 2.86. The van der Waals surface area contributed by atoms with Crippen LogP contribution in [-0.4, -0.2) is 30.1 Å². The van der Waals surface area contributed by atoms with E-state index in [0.29, 0.717) is 17.7 Å². The van der Waals surface area contributed by atoms with Crippen molar-refractivity contribution in [2.75, 3.05) is 6.54 Å². The summed E-state index contributed by atoms with van der Waals surface area (Å²) in [5.74, 6) is -1.85. The number of hydrogen-bond donors (Lipinski definition) is 1. The number of halogens is 2. The molecule has 1 aliphatic rings. The van der Waals surface area contributed by atoms with E-state index < -0.39 is 23.3 Å². The molecule has 0 radical (unpaired) electrons. The minimum absolute atomic E-state index is 0.214. The summed E-state index contributed by atoms with van der Waals surface area (Å²) in [6, 6.07) is 3.55. The second-order valence-corrected chi connectivity index (χ2v) is 5.98. The van der Waals surface area contributed by atoms with Crippen molar-refractivity contribution >= 4 is 11.8 Å². The summed E-state index contributed by atoms with van der Waals surface area (Å²) < 4.78 is 31.2. The Bertz CT molecular complexity index is 597. The van der Waals surface area contributed by atoms with Gasteiger partial charge in [-0.05, 0) is 39.0 Å². The number of ether oxygens (including phenoxy) is 1. The molecule has 0 bridgehead atoms. The number of carbonyl (C=O) groups is 1. The minimum atomic E-state index is -0.935. The van der Waals surface area contributed by atoms with Crippen LogP contribution in [0.3, 0.4) is 0 Å². The van der Waals surface area contributed by atoms with Crippen molar-refractivity contribution in [3.05, 3.63) is 35.4 Å². The maximum Gasteiger partial charge on any atom is 0.407 e. The molecule has 1 unspecified atom stereocenters. The Morgan fingerprint density at radius 1 is 1.41 bits per heavy atom. The normalized spacial score (nSPS) is 17.7. The maximum absolute atomic E-state index is 13.2. The van der Waals surface area contributed by atoms with E-state index in [0.717, 1.165) is 12.1 Å². The fraction of sp³-hybridized carbons (Fsp3) is 0.467. The second kappa shape index (κ2) is 6.29. The fourth-order valence-corrected chi connectivity index (χ4v) is 1.90. The van der Waals surface area contributed by atoms with Crippen LogP contribution in [0.25, 0.3) is 0 Å². The van der Waals surface area contributed by atoms with E-state index in [-0.39, 0.29) is 12.6 Å². The maximum atomic E-state index is 13.2. The largest absolute Gasteiger partial charge is 0.444 e. The molecule has 0 spiro atoms. The Kier molecular flexibility index (Phi) is 4.63. The summed E-state index contributed by atoms with van der Waals surface area (Å²) in [5, 5.41) is 6.43. The van der Waals surface area contributed by atoms with Crippen molar-refractivity contribution in [1.82, 2.24) is 5.32 Å². The van der Waals surface area contributed by atoms with Gasteiger partial charge < -0.3 is 14.9 Å². The van der Waals surface area contributed by atoms with Gasteiger partial charge in [0.25, 0.3) is 0 Å². The number of amides is 1. The van der Waals surface area contributed by atoms with Gasteiger partial charge in [0, 0.05) is 12.0 Å². The van der Waals surface area contributed by atoms with Crippen LogP contribution in [0.2, 0.25) is 0 Å². The van der Waals surface area contributed by atoms with Crippen molar-refractivity contribution < 1.29 is 23.1 Å². The zero-order valence-corrected chi connectivity index (χ0v) is 12.7. The van der Waals surface area contributed by atoms with E-state index in [1.807, 2.05) is 0 Å². The van der Waals surface area contributed by atoms with Gasteiger partial charge >= 0.3 is 6.09 Å². The van der Waals surface area contributed by atoms with Crippen molar-refractivity contribution in [1.29, 1.82) is 0 Å². The van der Waals surface area contributed by atoms with E-state index in [1.165, 1.54) is 6.07 Å². The standard InChI is InChI=1S/C15H18F2N2O3/c1-15(2,3)21-14(20)18-8-10-7-13(19-22-10)9-4-5-11(16)12(17)6-9/h4-6,10H,7-8H2,1-3H3,(H,18,20). The van der Waals surface area contributed by atoms with Gasteiger partial charge in [-0.2, -0.15) is 0 Å². The monoisotopic (exact) mass is 312 g/mol.